The fourth-order valence-electron chi connectivity index (χ4n) is 1.93. The summed E-state index contributed by atoms with van der Waals surface area (Å²) in [4.78, 5) is 28.0. The molecule has 134 valence electrons. The second-order valence-electron chi connectivity index (χ2n) is 5.32. The maximum atomic E-state index is 13.0. The lowest BCUT2D eigenvalue weighted by Crippen LogP contribution is -2.32. The summed E-state index contributed by atoms with van der Waals surface area (Å²) in [6, 6.07) is 4.44. The number of halogens is 3. The number of hydrogen-bond donors (Lipinski definition) is 2. The second kappa shape index (κ2) is 7.64. The summed E-state index contributed by atoms with van der Waals surface area (Å²) in [7, 11) is 0. The topological polar surface area (TPSA) is 71.1 Å². The van der Waals surface area contributed by atoms with Gasteiger partial charge < -0.3 is 5.32 Å². The number of rotatable bonds is 5. The van der Waals surface area contributed by atoms with Crippen LogP contribution in [-0.4, -0.2) is 22.8 Å². The quantitative estimate of drug-likeness (QED) is 0.836. The monoisotopic (exact) mass is 371 g/mol. The third kappa shape index (κ3) is 4.79. The number of alkyl halides is 3. The summed E-state index contributed by atoms with van der Waals surface area (Å²) in [6.07, 6.45) is -3.90. The predicted octanol–water partition coefficient (Wildman–Crippen LogP) is 3.94. The number of aromatic nitrogens is 1. The highest BCUT2D eigenvalue weighted by Gasteiger charge is 2.35. The Balaban J connectivity index is 2.14. The Hall–Kier alpha value is -2.42. The van der Waals surface area contributed by atoms with Gasteiger partial charge in [0.25, 0.3) is 11.8 Å². The molecule has 0 saturated carbocycles. The molecule has 1 atom stereocenters. The van der Waals surface area contributed by atoms with Crippen molar-refractivity contribution in [2.24, 2.45) is 0 Å². The smallest absolute Gasteiger partial charge is 0.348 e. The lowest BCUT2D eigenvalue weighted by Gasteiger charge is -2.11. The van der Waals surface area contributed by atoms with Gasteiger partial charge in [-0.25, -0.2) is 4.98 Å². The van der Waals surface area contributed by atoms with E-state index in [-0.39, 0.29) is 16.9 Å². The number of anilines is 1. The van der Waals surface area contributed by atoms with Crippen molar-refractivity contribution in [2.75, 3.05) is 5.32 Å². The van der Waals surface area contributed by atoms with Crippen molar-refractivity contribution in [3.8, 4) is 0 Å². The highest BCUT2D eigenvalue weighted by atomic mass is 32.1. The van der Waals surface area contributed by atoms with Crippen LogP contribution in [0.3, 0.4) is 0 Å². The fourth-order valence-corrected chi connectivity index (χ4v) is 2.61. The molecule has 1 aromatic carbocycles. The van der Waals surface area contributed by atoms with E-state index < -0.39 is 29.1 Å². The number of thiazole rings is 1. The highest BCUT2D eigenvalue weighted by molar-refractivity contribution is 7.14. The van der Waals surface area contributed by atoms with Crippen LogP contribution in [0.1, 0.15) is 46.7 Å². The molecule has 2 amide bonds. The van der Waals surface area contributed by atoms with Crippen LogP contribution >= 0.6 is 11.3 Å². The standard InChI is InChI=1S/C16H16F3N3O2S/c1-3-9(2)20-14(24)12-8-25-15(21-12)22-13(23)10-6-4-5-7-11(10)16(17,18)19/h4-9H,3H2,1-2H3,(H,20,24)(H,21,22,23). The van der Waals surface area contributed by atoms with Crippen molar-refractivity contribution in [3.63, 3.8) is 0 Å². The zero-order valence-electron chi connectivity index (χ0n) is 13.5. The molecule has 0 aliphatic rings. The molecule has 9 heteroatoms. The van der Waals surface area contributed by atoms with E-state index in [2.05, 4.69) is 15.6 Å². The van der Waals surface area contributed by atoms with Crippen molar-refractivity contribution in [2.45, 2.75) is 32.5 Å². The molecule has 0 bridgehead atoms. The van der Waals surface area contributed by atoms with Crippen molar-refractivity contribution in [1.82, 2.24) is 10.3 Å². The minimum atomic E-state index is -4.64. The number of benzene rings is 1. The van der Waals surface area contributed by atoms with Crippen molar-refractivity contribution in [3.05, 3.63) is 46.5 Å². The van der Waals surface area contributed by atoms with Crippen LogP contribution in [0.15, 0.2) is 29.6 Å². The van der Waals surface area contributed by atoms with Gasteiger partial charge in [0.2, 0.25) is 0 Å². The zero-order valence-corrected chi connectivity index (χ0v) is 14.3. The Labute approximate surface area is 146 Å². The molecule has 0 fully saturated rings. The first-order chi connectivity index (χ1) is 11.7. The Morgan fingerprint density at radius 2 is 1.92 bits per heavy atom. The molecule has 0 radical (unpaired) electrons. The van der Waals surface area contributed by atoms with Crippen LogP contribution in [0.4, 0.5) is 18.3 Å². The Morgan fingerprint density at radius 1 is 1.24 bits per heavy atom. The molecule has 0 spiro atoms. The molecule has 0 saturated heterocycles. The minimum absolute atomic E-state index is 0.0362. The molecule has 1 unspecified atom stereocenters. The number of carbonyl (C=O) groups is 2. The third-order valence-electron chi connectivity index (χ3n) is 3.42. The highest BCUT2D eigenvalue weighted by Crippen LogP contribution is 2.32. The number of carbonyl (C=O) groups excluding carboxylic acids is 2. The SMILES string of the molecule is CCC(C)NC(=O)c1csc(NC(=O)c2ccccc2C(F)(F)F)n1. The Morgan fingerprint density at radius 3 is 2.56 bits per heavy atom. The third-order valence-corrected chi connectivity index (χ3v) is 4.18. The van der Waals surface area contributed by atoms with Gasteiger partial charge in [-0.2, -0.15) is 13.2 Å². The van der Waals surface area contributed by atoms with E-state index in [0.717, 1.165) is 29.9 Å². The average Bonchev–Trinajstić information content (AvgIpc) is 3.02. The molecular weight excluding hydrogens is 355 g/mol. The van der Waals surface area contributed by atoms with Gasteiger partial charge in [0.05, 0.1) is 11.1 Å². The predicted molar refractivity (Wildman–Crippen MR) is 88.7 cm³/mol. The van der Waals surface area contributed by atoms with Gasteiger partial charge >= 0.3 is 6.18 Å². The lowest BCUT2D eigenvalue weighted by molar-refractivity contribution is -0.137. The molecule has 2 rings (SSSR count). The maximum Gasteiger partial charge on any atom is 0.417 e. The van der Waals surface area contributed by atoms with Crippen LogP contribution in [-0.2, 0) is 6.18 Å². The van der Waals surface area contributed by atoms with Gasteiger partial charge in [0.1, 0.15) is 5.69 Å². The number of nitrogens with zero attached hydrogens (tertiary/aromatic N) is 1. The fraction of sp³-hybridized carbons (Fsp3) is 0.312. The van der Waals surface area contributed by atoms with Gasteiger partial charge in [0.15, 0.2) is 5.13 Å². The van der Waals surface area contributed by atoms with Gasteiger partial charge in [-0.3, -0.25) is 14.9 Å². The maximum absolute atomic E-state index is 13.0. The average molecular weight is 371 g/mol. The van der Waals surface area contributed by atoms with Crippen LogP contribution in [0.2, 0.25) is 0 Å². The largest absolute Gasteiger partial charge is 0.417 e. The van der Waals surface area contributed by atoms with Gasteiger partial charge in [0, 0.05) is 11.4 Å². The Kier molecular flexibility index (Phi) is 5.78. The zero-order chi connectivity index (χ0) is 18.6. The van der Waals surface area contributed by atoms with E-state index in [1.165, 1.54) is 17.5 Å². The number of amides is 2. The van der Waals surface area contributed by atoms with Crippen molar-refractivity contribution >= 4 is 28.3 Å². The minimum Gasteiger partial charge on any atom is -0.348 e. The van der Waals surface area contributed by atoms with E-state index in [9.17, 15) is 22.8 Å². The van der Waals surface area contributed by atoms with E-state index in [0.29, 0.717) is 0 Å². The lowest BCUT2D eigenvalue weighted by atomic mass is 10.1. The van der Waals surface area contributed by atoms with Crippen LogP contribution in [0.25, 0.3) is 0 Å². The summed E-state index contributed by atoms with van der Waals surface area (Å²) in [5.41, 5.74) is -1.43. The first kappa shape index (κ1) is 18.9. The van der Waals surface area contributed by atoms with Crippen LogP contribution in [0, 0.1) is 0 Å². The van der Waals surface area contributed by atoms with Gasteiger partial charge in [-0.15, -0.1) is 11.3 Å². The van der Waals surface area contributed by atoms with Gasteiger partial charge in [-0.1, -0.05) is 19.1 Å². The number of nitrogens with one attached hydrogen (secondary N) is 2. The van der Waals surface area contributed by atoms with Crippen LogP contribution in [0.5, 0.6) is 0 Å². The molecule has 1 aromatic heterocycles. The molecule has 2 N–H and O–H groups in total. The van der Waals surface area contributed by atoms with E-state index >= 15 is 0 Å². The summed E-state index contributed by atoms with van der Waals surface area (Å²) in [6.45, 7) is 3.75. The van der Waals surface area contributed by atoms with Crippen LogP contribution < -0.4 is 10.6 Å². The summed E-state index contributed by atoms with van der Waals surface area (Å²) in [5.74, 6) is -1.34. The first-order valence-electron chi connectivity index (χ1n) is 7.46. The summed E-state index contributed by atoms with van der Waals surface area (Å²) >= 11 is 0.964. The molecule has 25 heavy (non-hydrogen) atoms. The molecule has 5 nitrogen and oxygen atoms in total. The first-order valence-corrected chi connectivity index (χ1v) is 8.34. The molecule has 2 aromatic rings. The molecule has 1 heterocycles. The summed E-state index contributed by atoms with van der Waals surface area (Å²) < 4.78 is 38.9. The summed E-state index contributed by atoms with van der Waals surface area (Å²) in [5, 5.41) is 6.50. The molecular formula is C16H16F3N3O2S. The van der Waals surface area contributed by atoms with Gasteiger partial charge in [-0.05, 0) is 25.5 Å². The van der Waals surface area contributed by atoms with Crippen molar-refractivity contribution < 1.29 is 22.8 Å². The molecule has 0 aliphatic heterocycles. The normalized spacial score (nSPS) is 12.5. The Bertz CT molecular complexity index is 774. The number of hydrogen-bond acceptors (Lipinski definition) is 4. The molecule has 0 aliphatic carbocycles. The van der Waals surface area contributed by atoms with E-state index in [4.69, 9.17) is 0 Å². The van der Waals surface area contributed by atoms with E-state index in [1.54, 1.807) is 0 Å². The second-order valence-corrected chi connectivity index (χ2v) is 6.18. The van der Waals surface area contributed by atoms with E-state index in [1.807, 2.05) is 13.8 Å². The van der Waals surface area contributed by atoms with Crippen molar-refractivity contribution in [1.29, 1.82) is 0 Å².